The fourth-order valence-electron chi connectivity index (χ4n) is 1.25. The minimum absolute atomic E-state index is 0.297. The largest absolute Gasteiger partial charge is 0.263 e. The monoisotopic (exact) mass is 184 g/mol. The van der Waals surface area contributed by atoms with Crippen molar-refractivity contribution in [2.24, 2.45) is 7.05 Å². The predicted molar refractivity (Wildman–Crippen MR) is 45.7 cm³/mol. The lowest BCUT2D eigenvalue weighted by molar-refractivity contribution is 0.626. The van der Waals surface area contributed by atoms with Crippen LogP contribution >= 0.6 is 11.6 Å². The normalized spacial score (nSPS) is 10.9. The van der Waals surface area contributed by atoms with Gasteiger partial charge in [0.15, 0.2) is 5.15 Å². The zero-order valence-corrected chi connectivity index (χ0v) is 7.14. The number of rotatable bonds is 0. The number of hydrogen-bond acceptors (Lipinski definition) is 1. The van der Waals surface area contributed by atoms with E-state index in [4.69, 9.17) is 11.6 Å². The smallest absolute Gasteiger partial charge is 0.159 e. The van der Waals surface area contributed by atoms with Crippen LogP contribution in [0.1, 0.15) is 0 Å². The second-order valence-corrected chi connectivity index (χ2v) is 2.91. The molecule has 2 rings (SSSR count). The summed E-state index contributed by atoms with van der Waals surface area (Å²) in [4.78, 5) is 0. The summed E-state index contributed by atoms with van der Waals surface area (Å²) in [7, 11) is 1.66. The summed E-state index contributed by atoms with van der Waals surface area (Å²) in [6.07, 6.45) is 0. The Balaban J connectivity index is 2.99. The van der Waals surface area contributed by atoms with Crippen LogP contribution < -0.4 is 0 Å². The topological polar surface area (TPSA) is 17.8 Å². The van der Waals surface area contributed by atoms with Crippen LogP contribution in [0.4, 0.5) is 4.39 Å². The molecule has 2 nitrogen and oxygen atoms in total. The molecule has 0 unspecified atom stereocenters. The minimum atomic E-state index is -0.297. The molecule has 0 radical (unpaired) electrons. The summed E-state index contributed by atoms with van der Waals surface area (Å²) in [5, 5.41) is 4.88. The van der Waals surface area contributed by atoms with Crippen molar-refractivity contribution in [3.05, 3.63) is 29.2 Å². The van der Waals surface area contributed by atoms with Crippen molar-refractivity contribution in [3.8, 4) is 0 Å². The SMILES string of the molecule is Cn1nc(Cl)c2cccc(F)c21. The van der Waals surface area contributed by atoms with Gasteiger partial charge < -0.3 is 0 Å². The zero-order chi connectivity index (χ0) is 8.72. The molecule has 0 bridgehead atoms. The standard InChI is InChI=1S/C8H6ClFN2/c1-12-7-5(8(9)11-12)3-2-4-6(7)10/h2-4H,1H3. The van der Waals surface area contributed by atoms with Gasteiger partial charge in [0, 0.05) is 12.4 Å². The van der Waals surface area contributed by atoms with Crippen molar-refractivity contribution in [1.29, 1.82) is 0 Å². The van der Waals surface area contributed by atoms with E-state index in [9.17, 15) is 4.39 Å². The maximum absolute atomic E-state index is 13.1. The van der Waals surface area contributed by atoms with E-state index >= 15 is 0 Å². The van der Waals surface area contributed by atoms with Crippen LogP contribution in [0.15, 0.2) is 18.2 Å². The molecular weight excluding hydrogens is 179 g/mol. The highest BCUT2D eigenvalue weighted by Crippen LogP contribution is 2.23. The number of aryl methyl sites for hydroxylation is 1. The van der Waals surface area contributed by atoms with Gasteiger partial charge in [0.2, 0.25) is 0 Å². The molecule has 0 atom stereocenters. The highest BCUT2D eigenvalue weighted by atomic mass is 35.5. The van der Waals surface area contributed by atoms with Crippen molar-refractivity contribution >= 4 is 22.5 Å². The lowest BCUT2D eigenvalue weighted by Crippen LogP contribution is -1.91. The molecule has 0 spiro atoms. The number of hydrogen-bond donors (Lipinski definition) is 0. The van der Waals surface area contributed by atoms with E-state index in [2.05, 4.69) is 5.10 Å². The highest BCUT2D eigenvalue weighted by molar-refractivity contribution is 6.34. The van der Waals surface area contributed by atoms with Gasteiger partial charge in [-0.2, -0.15) is 5.10 Å². The zero-order valence-electron chi connectivity index (χ0n) is 6.38. The number of aromatic nitrogens is 2. The fourth-order valence-corrected chi connectivity index (χ4v) is 1.51. The third-order valence-corrected chi connectivity index (χ3v) is 2.05. The van der Waals surface area contributed by atoms with Gasteiger partial charge in [-0.05, 0) is 12.1 Å². The predicted octanol–water partition coefficient (Wildman–Crippen LogP) is 2.37. The lowest BCUT2D eigenvalue weighted by Gasteiger charge is -1.93. The van der Waals surface area contributed by atoms with Gasteiger partial charge in [0.1, 0.15) is 11.3 Å². The molecular formula is C8H6ClFN2. The molecule has 0 fully saturated rings. The Morgan fingerprint density at radius 1 is 1.50 bits per heavy atom. The molecule has 0 aliphatic carbocycles. The average Bonchev–Trinajstić information content (AvgIpc) is 2.29. The molecule has 12 heavy (non-hydrogen) atoms. The van der Waals surface area contributed by atoms with E-state index in [1.54, 1.807) is 19.2 Å². The molecule has 0 saturated carbocycles. The second kappa shape index (κ2) is 2.45. The number of nitrogens with zero attached hydrogens (tertiary/aromatic N) is 2. The molecule has 1 aromatic carbocycles. The number of para-hydroxylation sites is 1. The van der Waals surface area contributed by atoms with Crippen molar-refractivity contribution in [2.75, 3.05) is 0 Å². The van der Waals surface area contributed by atoms with E-state index in [0.717, 1.165) is 0 Å². The number of benzene rings is 1. The van der Waals surface area contributed by atoms with Gasteiger partial charge in [0.05, 0.1) is 0 Å². The third-order valence-electron chi connectivity index (χ3n) is 1.77. The quantitative estimate of drug-likeness (QED) is 0.615. The summed E-state index contributed by atoms with van der Waals surface area (Å²) < 4.78 is 14.6. The Morgan fingerprint density at radius 3 is 2.92 bits per heavy atom. The second-order valence-electron chi connectivity index (χ2n) is 2.55. The Bertz CT molecular complexity index is 436. The summed E-state index contributed by atoms with van der Waals surface area (Å²) >= 11 is 5.75. The van der Waals surface area contributed by atoms with Crippen LogP contribution in [0.5, 0.6) is 0 Å². The van der Waals surface area contributed by atoms with Crippen LogP contribution in [-0.2, 0) is 7.05 Å². The summed E-state index contributed by atoms with van der Waals surface area (Å²) in [6.45, 7) is 0. The van der Waals surface area contributed by atoms with E-state index < -0.39 is 0 Å². The maximum atomic E-state index is 13.1. The first kappa shape index (κ1) is 7.55. The van der Waals surface area contributed by atoms with Crippen LogP contribution in [0.3, 0.4) is 0 Å². The molecule has 0 aliphatic rings. The molecule has 1 heterocycles. The van der Waals surface area contributed by atoms with Gasteiger partial charge in [-0.25, -0.2) is 4.39 Å². The minimum Gasteiger partial charge on any atom is -0.263 e. The Morgan fingerprint density at radius 2 is 2.25 bits per heavy atom. The summed E-state index contributed by atoms with van der Waals surface area (Å²) in [5.74, 6) is -0.297. The van der Waals surface area contributed by atoms with Crippen LogP contribution in [0.2, 0.25) is 5.15 Å². The fraction of sp³-hybridized carbons (Fsp3) is 0.125. The first-order chi connectivity index (χ1) is 5.70. The van der Waals surface area contributed by atoms with E-state index in [-0.39, 0.29) is 5.82 Å². The maximum Gasteiger partial charge on any atom is 0.159 e. The molecule has 4 heteroatoms. The molecule has 0 saturated heterocycles. The Hall–Kier alpha value is -1.09. The van der Waals surface area contributed by atoms with Crippen molar-refractivity contribution in [2.45, 2.75) is 0 Å². The molecule has 62 valence electrons. The first-order valence-corrected chi connectivity index (χ1v) is 3.84. The van der Waals surface area contributed by atoms with Crippen LogP contribution in [0.25, 0.3) is 10.9 Å². The average molecular weight is 185 g/mol. The molecule has 0 N–H and O–H groups in total. The summed E-state index contributed by atoms with van der Waals surface area (Å²) in [5.41, 5.74) is 0.447. The first-order valence-electron chi connectivity index (χ1n) is 3.47. The van der Waals surface area contributed by atoms with E-state index in [0.29, 0.717) is 16.1 Å². The van der Waals surface area contributed by atoms with Crippen molar-refractivity contribution in [3.63, 3.8) is 0 Å². The van der Waals surface area contributed by atoms with Crippen molar-refractivity contribution < 1.29 is 4.39 Å². The third kappa shape index (κ3) is 0.898. The van der Waals surface area contributed by atoms with Gasteiger partial charge in [-0.1, -0.05) is 17.7 Å². The van der Waals surface area contributed by atoms with Gasteiger partial charge in [-0.15, -0.1) is 0 Å². The highest BCUT2D eigenvalue weighted by Gasteiger charge is 2.09. The lowest BCUT2D eigenvalue weighted by atomic mass is 10.2. The number of fused-ring (bicyclic) bond motifs is 1. The van der Waals surface area contributed by atoms with Crippen LogP contribution in [-0.4, -0.2) is 9.78 Å². The van der Waals surface area contributed by atoms with E-state index in [1.165, 1.54) is 10.7 Å². The van der Waals surface area contributed by atoms with E-state index in [1.807, 2.05) is 0 Å². The molecule has 1 aromatic heterocycles. The van der Waals surface area contributed by atoms with Crippen molar-refractivity contribution in [1.82, 2.24) is 9.78 Å². The number of halogens is 2. The Kier molecular flexibility index (Phi) is 1.54. The Labute approximate surface area is 73.6 Å². The van der Waals surface area contributed by atoms with Gasteiger partial charge in [-0.3, -0.25) is 4.68 Å². The molecule has 0 amide bonds. The summed E-state index contributed by atoms with van der Waals surface area (Å²) in [6, 6.07) is 4.75. The molecule has 2 aromatic rings. The van der Waals surface area contributed by atoms with Crippen LogP contribution in [0, 0.1) is 5.82 Å². The molecule has 0 aliphatic heterocycles. The van der Waals surface area contributed by atoms with Gasteiger partial charge >= 0.3 is 0 Å². The van der Waals surface area contributed by atoms with Gasteiger partial charge in [0.25, 0.3) is 0 Å².